The van der Waals surface area contributed by atoms with E-state index < -0.39 is 0 Å². The van der Waals surface area contributed by atoms with Crippen LogP contribution in [0.3, 0.4) is 0 Å². The molecule has 0 aliphatic heterocycles. The van der Waals surface area contributed by atoms with Crippen LogP contribution in [0.1, 0.15) is 27.8 Å². The third-order valence-corrected chi connectivity index (χ3v) is 4.73. The molecule has 0 aliphatic rings. The number of thioether (sulfide) groups is 1. The fourth-order valence-corrected chi connectivity index (χ4v) is 3.08. The summed E-state index contributed by atoms with van der Waals surface area (Å²) in [5, 5.41) is 4.06. The molecule has 1 N–H and O–H groups in total. The van der Waals surface area contributed by atoms with E-state index in [1.54, 1.807) is 11.8 Å². The maximum Gasteiger partial charge on any atom is 0.258 e. The van der Waals surface area contributed by atoms with Crippen molar-refractivity contribution in [2.45, 2.75) is 26.5 Å². The fourth-order valence-electron chi connectivity index (χ4n) is 2.20. The van der Waals surface area contributed by atoms with Gasteiger partial charge in [0.2, 0.25) is 6.41 Å². The lowest BCUT2D eigenvalue weighted by molar-refractivity contribution is -0.121. The van der Waals surface area contributed by atoms with Crippen LogP contribution in [0.25, 0.3) is 5.57 Å². The molecular weight excluding hydrogens is 318 g/mol. The van der Waals surface area contributed by atoms with Crippen molar-refractivity contribution in [2.24, 2.45) is 0 Å². The molecule has 0 atom stereocenters. The molecule has 124 valence electrons. The normalized spacial score (nSPS) is 11.2. The molecule has 0 heterocycles. The summed E-state index contributed by atoms with van der Waals surface area (Å²) in [6.45, 7) is 6.09. The van der Waals surface area contributed by atoms with E-state index in [0.29, 0.717) is 12.0 Å². The highest BCUT2D eigenvalue weighted by molar-refractivity contribution is 8.01. The molecule has 0 aromatic heterocycles. The molecule has 0 saturated heterocycles. The van der Waals surface area contributed by atoms with Crippen LogP contribution in [0.15, 0.2) is 47.9 Å². The first kappa shape index (κ1) is 18.0. The van der Waals surface area contributed by atoms with E-state index in [1.165, 1.54) is 16.7 Å². The number of hydrogen-bond donors (Lipinski definition) is 1. The molecule has 24 heavy (non-hydrogen) atoms. The summed E-state index contributed by atoms with van der Waals surface area (Å²) in [6.07, 6.45) is 0.419. The Kier molecular flexibility index (Phi) is 6.38. The number of imide groups is 1. The Hall–Kier alpha value is -2.33. The maximum atomic E-state index is 12.2. The minimum absolute atomic E-state index is 0.385. The van der Waals surface area contributed by atoms with Gasteiger partial charge < -0.3 is 0 Å². The number of rotatable bonds is 6. The second-order valence-electron chi connectivity index (χ2n) is 5.72. The Labute approximate surface area is 147 Å². The van der Waals surface area contributed by atoms with Crippen molar-refractivity contribution < 1.29 is 9.59 Å². The van der Waals surface area contributed by atoms with E-state index in [4.69, 9.17) is 0 Å². The highest BCUT2D eigenvalue weighted by Gasteiger charge is 2.12. The van der Waals surface area contributed by atoms with Gasteiger partial charge in [-0.2, -0.15) is 0 Å². The number of amides is 2. The number of nitrogens with one attached hydrogen (secondary N) is 1. The van der Waals surface area contributed by atoms with Crippen LogP contribution in [0.4, 0.5) is 0 Å². The second kappa shape index (κ2) is 8.50. The van der Waals surface area contributed by atoms with Crippen LogP contribution in [-0.4, -0.2) is 12.3 Å². The van der Waals surface area contributed by atoms with Crippen LogP contribution in [0, 0.1) is 20.8 Å². The van der Waals surface area contributed by atoms with Crippen LogP contribution in [0.5, 0.6) is 0 Å². The van der Waals surface area contributed by atoms with Gasteiger partial charge in [0.25, 0.3) is 5.91 Å². The zero-order valence-corrected chi connectivity index (χ0v) is 14.9. The average Bonchev–Trinajstić information content (AvgIpc) is 2.56. The SMILES string of the molecule is Cc1ccc(CS/C=C(\C(=O)NC=O)c2ccc(C)c(C)c2)cc1. The van der Waals surface area contributed by atoms with Gasteiger partial charge in [-0.25, -0.2) is 0 Å². The summed E-state index contributed by atoms with van der Waals surface area (Å²) < 4.78 is 0. The molecule has 0 unspecified atom stereocenters. The zero-order valence-electron chi connectivity index (χ0n) is 14.1. The molecule has 2 aromatic carbocycles. The lowest BCUT2D eigenvalue weighted by atomic mass is 10.0. The van der Waals surface area contributed by atoms with E-state index in [2.05, 4.69) is 36.5 Å². The number of aryl methyl sites for hydroxylation is 3. The first-order valence-electron chi connectivity index (χ1n) is 7.70. The minimum Gasteiger partial charge on any atom is -0.295 e. The largest absolute Gasteiger partial charge is 0.295 e. The van der Waals surface area contributed by atoms with Crippen LogP contribution < -0.4 is 5.32 Å². The lowest BCUT2D eigenvalue weighted by Crippen LogP contribution is -2.22. The molecule has 0 spiro atoms. The van der Waals surface area contributed by atoms with Crippen LogP contribution in [-0.2, 0) is 15.3 Å². The standard InChI is InChI=1S/C20H21NO2S/c1-14-4-7-17(8-5-14)11-24-12-19(20(23)21-13-22)18-9-6-15(2)16(3)10-18/h4-10,12-13H,11H2,1-3H3,(H,21,22,23)/b19-12-. The van der Waals surface area contributed by atoms with Crippen molar-refractivity contribution in [1.82, 2.24) is 5.32 Å². The lowest BCUT2D eigenvalue weighted by Gasteiger charge is -2.09. The molecule has 3 nitrogen and oxygen atoms in total. The smallest absolute Gasteiger partial charge is 0.258 e. The van der Waals surface area contributed by atoms with Gasteiger partial charge in [0.05, 0.1) is 5.57 Å². The van der Waals surface area contributed by atoms with Gasteiger partial charge in [-0.3, -0.25) is 14.9 Å². The Balaban J connectivity index is 2.21. The van der Waals surface area contributed by atoms with E-state index in [-0.39, 0.29) is 5.91 Å². The Morgan fingerprint density at radius 3 is 2.38 bits per heavy atom. The predicted octanol–water partition coefficient (Wildman–Crippen LogP) is 4.16. The summed E-state index contributed by atoms with van der Waals surface area (Å²) in [6, 6.07) is 14.2. The summed E-state index contributed by atoms with van der Waals surface area (Å²) >= 11 is 1.54. The predicted molar refractivity (Wildman–Crippen MR) is 101 cm³/mol. The number of carbonyl (C=O) groups is 2. The molecular formula is C20H21NO2S. The van der Waals surface area contributed by atoms with Gasteiger partial charge in [-0.1, -0.05) is 48.0 Å². The fraction of sp³-hybridized carbons (Fsp3) is 0.200. The third kappa shape index (κ3) is 4.83. The maximum absolute atomic E-state index is 12.2. The van der Waals surface area contributed by atoms with Gasteiger partial charge in [0, 0.05) is 5.75 Å². The monoisotopic (exact) mass is 339 g/mol. The summed E-state index contributed by atoms with van der Waals surface area (Å²) in [4.78, 5) is 22.8. The first-order valence-corrected chi connectivity index (χ1v) is 8.75. The Bertz CT molecular complexity index is 764. The van der Waals surface area contributed by atoms with E-state index >= 15 is 0 Å². The molecule has 2 aromatic rings. The van der Waals surface area contributed by atoms with Crippen molar-refractivity contribution in [3.63, 3.8) is 0 Å². The molecule has 0 radical (unpaired) electrons. The molecule has 4 heteroatoms. The van der Waals surface area contributed by atoms with E-state index in [0.717, 1.165) is 16.9 Å². The topological polar surface area (TPSA) is 46.2 Å². The number of carbonyl (C=O) groups excluding carboxylic acids is 2. The zero-order chi connectivity index (χ0) is 17.5. The summed E-state index contributed by atoms with van der Waals surface area (Å²) in [5.74, 6) is 0.382. The quantitative estimate of drug-likeness (QED) is 0.635. The molecule has 0 fully saturated rings. The minimum atomic E-state index is -0.385. The van der Waals surface area contributed by atoms with Gasteiger partial charge in [0.1, 0.15) is 0 Å². The van der Waals surface area contributed by atoms with Crippen LogP contribution >= 0.6 is 11.8 Å². The first-order chi connectivity index (χ1) is 11.5. The third-order valence-electron chi connectivity index (χ3n) is 3.82. The highest BCUT2D eigenvalue weighted by Crippen LogP contribution is 2.23. The summed E-state index contributed by atoms with van der Waals surface area (Å²) in [5.41, 5.74) is 6.01. The number of benzene rings is 2. The van der Waals surface area contributed by atoms with Crippen molar-refractivity contribution >= 4 is 29.7 Å². The number of hydrogen-bond acceptors (Lipinski definition) is 3. The summed E-state index contributed by atoms with van der Waals surface area (Å²) in [7, 11) is 0. The van der Waals surface area contributed by atoms with Gasteiger partial charge in [-0.15, -0.1) is 11.8 Å². The molecule has 2 rings (SSSR count). The Morgan fingerprint density at radius 2 is 1.75 bits per heavy atom. The highest BCUT2D eigenvalue weighted by atomic mass is 32.2. The van der Waals surface area contributed by atoms with Crippen molar-refractivity contribution in [2.75, 3.05) is 0 Å². The second-order valence-corrected chi connectivity index (χ2v) is 6.58. The molecule has 0 bridgehead atoms. The van der Waals surface area contributed by atoms with Crippen molar-refractivity contribution in [1.29, 1.82) is 0 Å². The van der Waals surface area contributed by atoms with Crippen molar-refractivity contribution in [3.8, 4) is 0 Å². The van der Waals surface area contributed by atoms with E-state index in [9.17, 15) is 9.59 Å². The Morgan fingerprint density at radius 1 is 1.04 bits per heavy atom. The average molecular weight is 339 g/mol. The molecule has 0 aliphatic carbocycles. The van der Waals surface area contributed by atoms with Crippen LogP contribution in [0.2, 0.25) is 0 Å². The molecule has 0 saturated carbocycles. The van der Waals surface area contributed by atoms with Gasteiger partial charge >= 0.3 is 0 Å². The molecule has 2 amide bonds. The van der Waals surface area contributed by atoms with E-state index in [1.807, 2.05) is 37.5 Å². The van der Waals surface area contributed by atoms with Gasteiger partial charge in [0.15, 0.2) is 0 Å². The van der Waals surface area contributed by atoms with Crippen molar-refractivity contribution in [3.05, 3.63) is 75.7 Å². The van der Waals surface area contributed by atoms with Gasteiger partial charge in [-0.05, 0) is 48.4 Å².